The highest BCUT2D eigenvalue weighted by Gasteiger charge is 2.55. The largest absolute Gasteiger partial charge is 0.399 e. The van der Waals surface area contributed by atoms with Crippen LogP contribution in [0.2, 0.25) is 0 Å². The van der Waals surface area contributed by atoms with Crippen molar-refractivity contribution < 1.29 is 9.59 Å². The minimum Gasteiger partial charge on any atom is -0.399 e. The molecule has 5 nitrogen and oxygen atoms in total. The normalized spacial score (nSPS) is 21.5. The third kappa shape index (κ3) is 1.32. The van der Waals surface area contributed by atoms with E-state index in [0.29, 0.717) is 11.4 Å². The molecule has 1 aromatic carbocycles. The van der Waals surface area contributed by atoms with Crippen LogP contribution in [0.5, 0.6) is 0 Å². The molecule has 1 saturated heterocycles. The van der Waals surface area contributed by atoms with Gasteiger partial charge in [-0.3, -0.25) is 4.79 Å². The summed E-state index contributed by atoms with van der Waals surface area (Å²) in [6.45, 7) is 0. The van der Waals surface area contributed by atoms with Crippen molar-refractivity contribution in [3.05, 3.63) is 24.3 Å². The summed E-state index contributed by atoms with van der Waals surface area (Å²) in [6, 6.07) is 6.46. The molecular weight excluding hydrogens is 218 g/mol. The summed E-state index contributed by atoms with van der Waals surface area (Å²) in [5.41, 5.74) is 6.10. The highest BCUT2D eigenvalue weighted by atomic mass is 16.2. The van der Waals surface area contributed by atoms with E-state index < -0.39 is 5.54 Å². The second kappa shape index (κ2) is 3.23. The number of amides is 3. The zero-order valence-corrected chi connectivity index (χ0v) is 9.27. The lowest BCUT2D eigenvalue weighted by Gasteiger charge is -2.34. The first-order valence-electron chi connectivity index (χ1n) is 5.65. The van der Waals surface area contributed by atoms with E-state index in [1.54, 1.807) is 24.3 Å². The molecule has 1 aliphatic carbocycles. The number of rotatable bonds is 1. The maximum absolute atomic E-state index is 12.2. The summed E-state index contributed by atoms with van der Waals surface area (Å²) >= 11 is 0. The zero-order valence-electron chi connectivity index (χ0n) is 9.27. The number of nitrogens with zero attached hydrogens (tertiary/aromatic N) is 1. The van der Waals surface area contributed by atoms with Gasteiger partial charge in [0.05, 0.1) is 5.69 Å². The first-order chi connectivity index (χ1) is 8.12. The van der Waals surface area contributed by atoms with Crippen LogP contribution in [0.15, 0.2) is 24.3 Å². The fourth-order valence-electron chi connectivity index (χ4n) is 2.39. The molecule has 3 N–H and O–H groups in total. The monoisotopic (exact) mass is 231 g/mol. The van der Waals surface area contributed by atoms with Crippen LogP contribution in [0.4, 0.5) is 16.2 Å². The van der Waals surface area contributed by atoms with Gasteiger partial charge in [-0.15, -0.1) is 0 Å². The molecule has 0 aromatic heterocycles. The van der Waals surface area contributed by atoms with Gasteiger partial charge in [0.1, 0.15) is 5.54 Å². The van der Waals surface area contributed by atoms with E-state index >= 15 is 0 Å². The average molecular weight is 231 g/mol. The summed E-state index contributed by atoms with van der Waals surface area (Å²) in [4.78, 5) is 25.3. The van der Waals surface area contributed by atoms with Gasteiger partial charge in [-0.25, -0.2) is 9.69 Å². The Morgan fingerprint density at radius 3 is 2.59 bits per heavy atom. The van der Waals surface area contributed by atoms with Crippen LogP contribution >= 0.6 is 0 Å². The van der Waals surface area contributed by atoms with E-state index in [2.05, 4.69) is 5.32 Å². The molecule has 2 aliphatic rings. The molecule has 17 heavy (non-hydrogen) atoms. The number of carbonyl (C=O) groups is 2. The smallest absolute Gasteiger partial charge is 0.329 e. The molecule has 88 valence electrons. The van der Waals surface area contributed by atoms with E-state index in [4.69, 9.17) is 5.73 Å². The number of nitrogens with two attached hydrogens (primary N) is 1. The summed E-state index contributed by atoms with van der Waals surface area (Å²) in [6.07, 6.45) is 2.45. The standard InChI is InChI=1S/C12H13N3O2/c13-8-3-1-4-9(7-8)15-10(16)12(5-2-6-12)14-11(15)17/h1,3-4,7H,2,5-6,13H2,(H,14,17). The van der Waals surface area contributed by atoms with Crippen molar-refractivity contribution in [2.24, 2.45) is 0 Å². The molecule has 0 radical (unpaired) electrons. The third-order valence-corrected chi connectivity index (χ3v) is 3.50. The summed E-state index contributed by atoms with van der Waals surface area (Å²) in [5.74, 6) is -0.153. The summed E-state index contributed by atoms with van der Waals surface area (Å²) in [7, 11) is 0. The molecule has 1 saturated carbocycles. The second-order valence-electron chi connectivity index (χ2n) is 4.60. The Bertz CT molecular complexity index is 508. The molecule has 2 fully saturated rings. The van der Waals surface area contributed by atoms with Gasteiger partial charge in [-0.1, -0.05) is 6.07 Å². The second-order valence-corrected chi connectivity index (χ2v) is 4.60. The Balaban J connectivity index is 1.98. The van der Waals surface area contributed by atoms with E-state index in [9.17, 15) is 9.59 Å². The van der Waals surface area contributed by atoms with E-state index in [1.807, 2.05) is 0 Å². The summed E-state index contributed by atoms with van der Waals surface area (Å²) in [5, 5.41) is 2.78. The van der Waals surface area contributed by atoms with Gasteiger partial charge in [-0.2, -0.15) is 0 Å². The van der Waals surface area contributed by atoms with Crippen molar-refractivity contribution in [3.8, 4) is 0 Å². The van der Waals surface area contributed by atoms with Gasteiger partial charge in [0.2, 0.25) is 0 Å². The molecule has 3 amide bonds. The van der Waals surface area contributed by atoms with Crippen LogP contribution in [0.1, 0.15) is 19.3 Å². The quantitative estimate of drug-likeness (QED) is 0.564. The molecule has 1 spiro atoms. The van der Waals surface area contributed by atoms with Crippen molar-refractivity contribution in [1.82, 2.24) is 5.32 Å². The first-order valence-corrected chi connectivity index (χ1v) is 5.65. The predicted octanol–water partition coefficient (Wildman–Crippen LogP) is 1.25. The number of hydrogen-bond donors (Lipinski definition) is 2. The number of carbonyl (C=O) groups excluding carboxylic acids is 2. The molecule has 1 aromatic rings. The molecular formula is C12H13N3O2. The number of urea groups is 1. The molecule has 0 atom stereocenters. The zero-order chi connectivity index (χ0) is 12.0. The van der Waals surface area contributed by atoms with E-state index in [1.165, 1.54) is 4.90 Å². The van der Waals surface area contributed by atoms with Crippen molar-refractivity contribution >= 4 is 23.3 Å². The van der Waals surface area contributed by atoms with Gasteiger partial charge in [0.25, 0.3) is 5.91 Å². The maximum Gasteiger partial charge on any atom is 0.329 e. The van der Waals surface area contributed by atoms with Crippen LogP contribution in [0.3, 0.4) is 0 Å². The van der Waals surface area contributed by atoms with Crippen LogP contribution in [0, 0.1) is 0 Å². The Hall–Kier alpha value is -2.04. The minimum absolute atomic E-state index is 0.153. The van der Waals surface area contributed by atoms with Crippen LogP contribution in [-0.2, 0) is 4.79 Å². The lowest BCUT2D eigenvalue weighted by Crippen LogP contribution is -2.52. The first kappa shape index (κ1) is 10.1. The van der Waals surface area contributed by atoms with Gasteiger partial charge < -0.3 is 11.1 Å². The Labute approximate surface area is 98.6 Å². The number of anilines is 2. The predicted molar refractivity (Wildman–Crippen MR) is 63.5 cm³/mol. The van der Waals surface area contributed by atoms with Crippen LogP contribution < -0.4 is 16.0 Å². The van der Waals surface area contributed by atoms with Gasteiger partial charge in [0, 0.05) is 5.69 Å². The van der Waals surface area contributed by atoms with Crippen molar-refractivity contribution in [2.75, 3.05) is 10.6 Å². The fourth-order valence-corrected chi connectivity index (χ4v) is 2.39. The summed E-state index contributed by atoms with van der Waals surface area (Å²) < 4.78 is 0. The van der Waals surface area contributed by atoms with Crippen molar-refractivity contribution in [1.29, 1.82) is 0 Å². The molecule has 3 rings (SSSR count). The van der Waals surface area contributed by atoms with Gasteiger partial charge in [0.15, 0.2) is 0 Å². The third-order valence-electron chi connectivity index (χ3n) is 3.50. The highest BCUT2D eigenvalue weighted by Crippen LogP contribution is 2.39. The average Bonchev–Trinajstić information content (AvgIpc) is 2.50. The van der Waals surface area contributed by atoms with Crippen LogP contribution in [-0.4, -0.2) is 17.5 Å². The number of nitrogen functional groups attached to an aromatic ring is 1. The molecule has 0 bridgehead atoms. The minimum atomic E-state index is -0.637. The molecule has 1 aliphatic heterocycles. The molecule has 1 heterocycles. The van der Waals surface area contributed by atoms with Gasteiger partial charge in [-0.05, 0) is 37.5 Å². The highest BCUT2D eigenvalue weighted by molar-refractivity contribution is 6.23. The number of benzene rings is 1. The number of nitrogens with one attached hydrogen (secondary N) is 1. The molecule has 5 heteroatoms. The maximum atomic E-state index is 12.2. The van der Waals surface area contributed by atoms with E-state index in [0.717, 1.165) is 19.3 Å². The topological polar surface area (TPSA) is 75.4 Å². The van der Waals surface area contributed by atoms with E-state index in [-0.39, 0.29) is 11.9 Å². The molecule has 0 unspecified atom stereocenters. The Kier molecular flexibility index (Phi) is 1.92. The lowest BCUT2D eigenvalue weighted by molar-refractivity contribution is -0.124. The fraction of sp³-hybridized carbons (Fsp3) is 0.333. The Morgan fingerprint density at radius 2 is 2.06 bits per heavy atom. The van der Waals surface area contributed by atoms with Gasteiger partial charge >= 0.3 is 6.03 Å². The SMILES string of the molecule is Nc1cccc(N2C(=O)NC3(CCC3)C2=O)c1. The number of imide groups is 1. The van der Waals surface area contributed by atoms with Crippen molar-refractivity contribution in [2.45, 2.75) is 24.8 Å². The van der Waals surface area contributed by atoms with Crippen molar-refractivity contribution in [3.63, 3.8) is 0 Å². The number of hydrogen-bond acceptors (Lipinski definition) is 3. The Morgan fingerprint density at radius 1 is 1.29 bits per heavy atom. The lowest BCUT2D eigenvalue weighted by atomic mass is 9.77. The van der Waals surface area contributed by atoms with Crippen LogP contribution in [0.25, 0.3) is 0 Å².